The highest BCUT2D eigenvalue weighted by molar-refractivity contribution is 4.95. The second-order valence-corrected chi connectivity index (χ2v) is 5.22. The van der Waals surface area contributed by atoms with Crippen LogP contribution in [0, 0.1) is 0 Å². The minimum Gasteiger partial charge on any atom is -0.380 e. The molecule has 3 heterocycles. The van der Waals surface area contributed by atoms with Crippen molar-refractivity contribution in [3.05, 3.63) is 0 Å². The largest absolute Gasteiger partial charge is 0.380 e. The van der Waals surface area contributed by atoms with E-state index in [4.69, 9.17) is 4.74 Å². The third-order valence-corrected chi connectivity index (χ3v) is 4.24. The van der Waals surface area contributed by atoms with Crippen LogP contribution in [0.4, 0.5) is 0 Å². The average Bonchev–Trinajstić information content (AvgIpc) is 2.89. The van der Waals surface area contributed by atoms with E-state index >= 15 is 0 Å². The molecule has 3 unspecified atom stereocenters. The summed E-state index contributed by atoms with van der Waals surface area (Å²) < 4.78 is 5.43. The highest BCUT2D eigenvalue weighted by Crippen LogP contribution is 2.27. The van der Waals surface area contributed by atoms with Crippen LogP contribution in [0.5, 0.6) is 0 Å². The number of hydrogen-bond acceptors (Lipinski definition) is 3. The fourth-order valence-electron chi connectivity index (χ4n) is 3.41. The minimum atomic E-state index is 0.636. The van der Waals surface area contributed by atoms with Gasteiger partial charge in [-0.05, 0) is 32.2 Å². The van der Waals surface area contributed by atoms with Crippen LogP contribution < -0.4 is 5.32 Å². The van der Waals surface area contributed by atoms with E-state index in [0.717, 1.165) is 25.3 Å². The van der Waals surface area contributed by atoms with Gasteiger partial charge in [-0.25, -0.2) is 0 Å². The van der Waals surface area contributed by atoms with E-state index < -0.39 is 0 Å². The van der Waals surface area contributed by atoms with E-state index in [9.17, 15) is 0 Å². The van der Waals surface area contributed by atoms with Gasteiger partial charge in [-0.2, -0.15) is 0 Å². The SMILES string of the molecule is C1CCN2CCC(NC3CCOC3)C2C1. The molecule has 0 bridgehead atoms. The summed E-state index contributed by atoms with van der Waals surface area (Å²) in [6, 6.07) is 2.22. The van der Waals surface area contributed by atoms with E-state index in [1.165, 1.54) is 45.2 Å². The molecule has 3 nitrogen and oxygen atoms in total. The number of nitrogens with one attached hydrogen (secondary N) is 1. The summed E-state index contributed by atoms with van der Waals surface area (Å²) in [7, 11) is 0. The van der Waals surface area contributed by atoms with Crippen LogP contribution >= 0.6 is 0 Å². The van der Waals surface area contributed by atoms with Crippen molar-refractivity contribution in [3.8, 4) is 0 Å². The molecular weight excluding hydrogens is 188 g/mol. The highest BCUT2D eigenvalue weighted by atomic mass is 16.5. The van der Waals surface area contributed by atoms with E-state index in [0.29, 0.717) is 6.04 Å². The molecule has 86 valence electrons. The van der Waals surface area contributed by atoms with Gasteiger partial charge in [0.05, 0.1) is 6.61 Å². The lowest BCUT2D eigenvalue weighted by Crippen LogP contribution is -2.48. The number of hydrogen-bond donors (Lipinski definition) is 1. The van der Waals surface area contributed by atoms with Gasteiger partial charge >= 0.3 is 0 Å². The summed E-state index contributed by atoms with van der Waals surface area (Å²) in [5.74, 6) is 0. The summed E-state index contributed by atoms with van der Waals surface area (Å²) >= 11 is 0. The van der Waals surface area contributed by atoms with Crippen molar-refractivity contribution in [3.63, 3.8) is 0 Å². The van der Waals surface area contributed by atoms with Crippen LogP contribution in [0.25, 0.3) is 0 Å². The third kappa shape index (κ3) is 2.05. The molecule has 3 aliphatic heterocycles. The van der Waals surface area contributed by atoms with Crippen LogP contribution in [0.15, 0.2) is 0 Å². The lowest BCUT2D eigenvalue weighted by molar-refractivity contribution is 0.166. The van der Waals surface area contributed by atoms with Gasteiger partial charge in [0, 0.05) is 31.3 Å². The fourth-order valence-corrected chi connectivity index (χ4v) is 3.41. The summed E-state index contributed by atoms with van der Waals surface area (Å²) in [5, 5.41) is 3.81. The molecule has 1 N–H and O–H groups in total. The predicted octanol–water partition coefficient (Wildman–Crippen LogP) is 0.992. The van der Waals surface area contributed by atoms with Gasteiger partial charge in [0.25, 0.3) is 0 Å². The van der Waals surface area contributed by atoms with Gasteiger partial charge < -0.3 is 10.1 Å². The maximum Gasteiger partial charge on any atom is 0.0620 e. The molecule has 15 heavy (non-hydrogen) atoms. The maximum absolute atomic E-state index is 5.43. The molecule has 3 saturated heterocycles. The Balaban J connectivity index is 1.56. The van der Waals surface area contributed by atoms with Crippen LogP contribution in [0.1, 0.15) is 32.1 Å². The second kappa shape index (κ2) is 4.40. The zero-order valence-corrected chi connectivity index (χ0v) is 9.45. The third-order valence-electron chi connectivity index (χ3n) is 4.24. The number of ether oxygens (including phenoxy) is 1. The normalized spacial score (nSPS) is 42.0. The molecule has 0 radical (unpaired) electrons. The molecule has 0 amide bonds. The Labute approximate surface area is 92.2 Å². The van der Waals surface area contributed by atoms with E-state index in [1.54, 1.807) is 0 Å². The van der Waals surface area contributed by atoms with E-state index in [1.807, 2.05) is 0 Å². The van der Waals surface area contributed by atoms with Crippen LogP contribution in [-0.2, 0) is 4.74 Å². The molecule has 0 aromatic carbocycles. The Hall–Kier alpha value is -0.120. The van der Waals surface area contributed by atoms with Crippen molar-refractivity contribution in [2.24, 2.45) is 0 Å². The summed E-state index contributed by atoms with van der Waals surface area (Å²) in [6.45, 7) is 4.54. The van der Waals surface area contributed by atoms with Gasteiger partial charge in [-0.15, -0.1) is 0 Å². The molecule has 3 fully saturated rings. The zero-order valence-electron chi connectivity index (χ0n) is 9.45. The lowest BCUT2D eigenvalue weighted by Gasteiger charge is -2.33. The van der Waals surface area contributed by atoms with Crippen molar-refractivity contribution in [1.29, 1.82) is 0 Å². The summed E-state index contributed by atoms with van der Waals surface area (Å²) in [4.78, 5) is 2.69. The number of nitrogens with zero attached hydrogens (tertiary/aromatic N) is 1. The van der Waals surface area contributed by atoms with Crippen molar-refractivity contribution >= 4 is 0 Å². The van der Waals surface area contributed by atoms with Crippen LogP contribution in [-0.4, -0.2) is 49.3 Å². The standard InChI is InChI=1S/C12H22N2O/c1-2-6-14-7-4-11(12(14)3-1)13-10-5-8-15-9-10/h10-13H,1-9H2. The molecule has 3 heteroatoms. The van der Waals surface area contributed by atoms with Gasteiger partial charge in [-0.3, -0.25) is 4.90 Å². The first-order chi connectivity index (χ1) is 7.43. The number of rotatable bonds is 2. The Bertz CT molecular complexity index is 216. The first-order valence-corrected chi connectivity index (χ1v) is 6.51. The Morgan fingerprint density at radius 2 is 2.07 bits per heavy atom. The molecule has 0 saturated carbocycles. The molecule has 0 aliphatic carbocycles. The smallest absolute Gasteiger partial charge is 0.0620 e. The van der Waals surface area contributed by atoms with E-state index in [2.05, 4.69) is 10.2 Å². The fraction of sp³-hybridized carbons (Fsp3) is 1.00. The minimum absolute atomic E-state index is 0.636. The summed E-state index contributed by atoms with van der Waals surface area (Å²) in [6.07, 6.45) is 6.81. The number of piperidine rings is 1. The average molecular weight is 210 g/mol. The highest BCUT2D eigenvalue weighted by Gasteiger charge is 2.36. The Morgan fingerprint density at radius 1 is 1.07 bits per heavy atom. The monoisotopic (exact) mass is 210 g/mol. The van der Waals surface area contributed by atoms with Crippen molar-refractivity contribution < 1.29 is 4.74 Å². The van der Waals surface area contributed by atoms with Gasteiger partial charge in [-0.1, -0.05) is 6.42 Å². The molecule has 0 aromatic rings. The van der Waals surface area contributed by atoms with Crippen LogP contribution in [0.3, 0.4) is 0 Å². The lowest BCUT2D eigenvalue weighted by atomic mass is 9.98. The second-order valence-electron chi connectivity index (χ2n) is 5.22. The molecule has 3 atom stereocenters. The maximum atomic E-state index is 5.43. The Morgan fingerprint density at radius 3 is 2.93 bits per heavy atom. The predicted molar refractivity (Wildman–Crippen MR) is 60.0 cm³/mol. The van der Waals surface area contributed by atoms with E-state index in [-0.39, 0.29) is 0 Å². The molecule has 0 spiro atoms. The van der Waals surface area contributed by atoms with Crippen molar-refractivity contribution in [2.75, 3.05) is 26.3 Å². The van der Waals surface area contributed by atoms with Crippen molar-refractivity contribution in [1.82, 2.24) is 10.2 Å². The number of fused-ring (bicyclic) bond motifs is 1. The van der Waals surface area contributed by atoms with Crippen LogP contribution in [0.2, 0.25) is 0 Å². The zero-order chi connectivity index (χ0) is 10.1. The topological polar surface area (TPSA) is 24.5 Å². The van der Waals surface area contributed by atoms with Crippen molar-refractivity contribution in [2.45, 2.75) is 50.2 Å². The van der Waals surface area contributed by atoms with Gasteiger partial charge in [0.15, 0.2) is 0 Å². The molecular formula is C12H22N2O. The summed E-state index contributed by atoms with van der Waals surface area (Å²) in [5.41, 5.74) is 0. The molecule has 0 aromatic heterocycles. The van der Waals surface area contributed by atoms with Gasteiger partial charge in [0.2, 0.25) is 0 Å². The molecule has 3 aliphatic rings. The first kappa shape index (κ1) is 10.1. The Kier molecular flexibility index (Phi) is 2.95. The van der Waals surface area contributed by atoms with Gasteiger partial charge in [0.1, 0.15) is 0 Å². The first-order valence-electron chi connectivity index (χ1n) is 6.51. The quantitative estimate of drug-likeness (QED) is 0.735. The molecule has 3 rings (SSSR count).